The minimum Gasteiger partial charge on any atom is -0.299 e. The van der Waals surface area contributed by atoms with Crippen LogP contribution in [0, 0.1) is 5.92 Å². The van der Waals surface area contributed by atoms with Crippen LogP contribution in [0.2, 0.25) is 0 Å². The number of hydrogen-bond donors (Lipinski definition) is 0. The molecule has 1 rings (SSSR count). The van der Waals surface area contributed by atoms with Gasteiger partial charge >= 0.3 is 0 Å². The summed E-state index contributed by atoms with van der Waals surface area (Å²) in [6, 6.07) is 0. The molecule has 1 heteroatoms. The molecule has 68 valence electrons. The molecule has 0 heterocycles. The fraction of sp³-hybridized carbons (Fsp3) is 0.727. The molecule has 0 amide bonds. The van der Waals surface area contributed by atoms with Crippen molar-refractivity contribution >= 4 is 5.78 Å². The van der Waals surface area contributed by atoms with E-state index in [0.717, 1.165) is 6.42 Å². The third-order valence-corrected chi connectivity index (χ3v) is 2.61. The first-order chi connectivity index (χ1) is 5.65. The van der Waals surface area contributed by atoms with Crippen molar-refractivity contribution in [2.45, 2.75) is 46.5 Å². The maximum atomic E-state index is 11.3. The lowest BCUT2D eigenvalue weighted by atomic mass is 9.96. The minimum absolute atomic E-state index is 0.239. The lowest BCUT2D eigenvalue weighted by molar-refractivity contribution is -0.122. The van der Waals surface area contributed by atoms with Crippen LogP contribution in [-0.4, -0.2) is 5.78 Å². The van der Waals surface area contributed by atoms with Crippen molar-refractivity contribution < 1.29 is 4.79 Å². The van der Waals surface area contributed by atoms with Crippen LogP contribution in [-0.2, 0) is 4.79 Å². The van der Waals surface area contributed by atoms with E-state index in [1.54, 1.807) is 5.57 Å². The Morgan fingerprint density at radius 2 is 2.08 bits per heavy atom. The summed E-state index contributed by atoms with van der Waals surface area (Å²) in [5.74, 6) is 0.638. The van der Waals surface area contributed by atoms with Crippen LogP contribution in [0.1, 0.15) is 46.5 Å². The Kier molecular flexibility index (Phi) is 3.07. The molecule has 0 aliphatic heterocycles. The van der Waals surface area contributed by atoms with Gasteiger partial charge in [-0.2, -0.15) is 0 Å². The zero-order valence-electron chi connectivity index (χ0n) is 8.31. The molecule has 1 fully saturated rings. The SMILES string of the molecule is CCC(=O)C(C)CC(C)=C1CC1. The molecule has 0 aromatic carbocycles. The zero-order valence-corrected chi connectivity index (χ0v) is 8.31. The van der Waals surface area contributed by atoms with Gasteiger partial charge in [0.1, 0.15) is 5.78 Å². The van der Waals surface area contributed by atoms with Crippen LogP contribution in [0.25, 0.3) is 0 Å². The Labute approximate surface area is 74.9 Å². The monoisotopic (exact) mass is 166 g/mol. The normalized spacial score (nSPS) is 17.4. The van der Waals surface area contributed by atoms with Gasteiger partial charge in [-0.15, -0.1) is 0 Å². The molecular formula is C11H18O. The maximum Gasteiger partial charge on any atom is 0.135 e. The molecule has 0 saturated heterocycles. The lowest BCUT2D eigenvalue weighted by Crippen LogP contribution is -2.09. The maximum absolute atomic E-state index is 11.3. The molecule has 1 aliphatic rings. The van der Waals surface area contributed by atoms with Gasteiger partial charge in [0.2, 0.25) is 0 Å². The smallest absolute Gasteiger partial charge is 0.135 e. The van der Waals surface area contributed by atoms with Crippen LogP contribution in [0.4, 0.5) is 0 Å². The number of carbonyl (C=O) groups excluding carboxylic acids is 1. The van der Waals surface area contributed by atoms with Crippen LogP contribution >= 0.6 is 0 Å². The average molecular weight is 166 g/mol. The average Bonchev–Trinajstić information content (AvgIpc) is 2.84. The van der Waals surface area contributed by atoms with E-state index < -0.39 is 0 Å². The quantitative estimate of drug-likeness (QED) is 0.586. The first-order valence-corrected chi connectivity index (χ1v) is 4.85. The summed E-state index contributed by atoms with van der Waals surface area (Å²) in [5, 5.41) is 0. The van der Waals surface area contributed by atoms with Crippen molar-refractivity contribution in [1.82, 2.24) is 0 Å². The number of ketones is 1. The summed E-state index contributed by atoms with van der Waals surface area (Å²) in [7, 11) is 0. The fourth-order valence-corrected chi connectivity index (χ4v) is 1.56. The van der Waals surface area contributed by atoms with E-state index in [-0.39, 0.29) is 5.92 Å². The Balaban J connectivity index is 2.40. The highest BCUT2D eigenvalue weighted by Gasteiger charge is 2.18. The van der Waals surface area contributed by atoms with Crippen LogP contribution in [0.5, 0.6) is 0 Å². The second-order valence-corrected chi connectivity index (χ2v) is 3.81. The lowest BCUT2D eigenvalue weighted by Gasteiger charge is -2.08. The van der Waals surface area contributed by atoms with Crippen molar-refractivity contribution in [2.75, 3.05) is 0 Å². The first-order valence-electron chi connectivity index (χ1n) is 4.85. The number of hydrogen-bond acceptors (Lipinski definition) is 1. The molecule has 1 unspecified atom stereocenters. The van der Waals surface area contributed by atoms with E-state index in [1.165, 1.54) is 18.4 Å². The summed E-state index contributed by atoms with van der Waals surface area (Å²) in [6.07, 6.45) is 4.23. The highest BCUT2D eigenvalue weighted by Crippen LogP contribution is 2.34. The van der Waals surface area contributed by atoms with Crippen molar-refractivity contribution in [3.8, 4) is 0 Å². The van der Waals surface area contributed by atoms with Gasteiger partial charge < -0.3 is 0 Å². The van der Waals surface area contributed by atoms with Gasteiger partial charge in [-0.05, 0) is 26.2 Å². The predicted octanol–water partition coefficient (Wildman–Crippen LogP) is 3.10. The third-order valence-electron chi connectivity index (χ3n) is 2.61. The third kappa shape index (κ3) is 2.47. The van der Waals surface area contributed by atoms with Gasteiger partial charge in [-0.3, -0.25) is 4.79 Å². The summed E-state index contributed by atoms with van der Waals surface area (Å²) >= 11 is 0. The summed E-state index contributed by atoms with van der Waals surface area (Å²) in [4.78, 5) is 11.3. The summed E-state index contributed by atoms with van der Waals surface area (Å²) in [5.41, 5.74) is 3.05. The van der Waals surface area contributed by atoms with Crippen molar-refractivity contribution in [1.29, 1.82) is 0 Å². The Hall–Kier alpha value is -0.590. The van der Waals surface area contributed by atoms with Gasteiger partial charge in [0, 0.05) is 12.3 Å². The predicted molar refractivity (Wildman–Crippen MR) is 51.0 cm³/mol. The molecule has 0 aromatic heterocycles. The van der Waals surface area contributed by atoms with E-state index in [9.17, 15) is 4.79 Å². The van der Waals surface area contributed by atoms with Gasteiger partial charge in [0.25, 0.3) is 0 Å². The van der Waals surface area contributed by atoms with Crippen molar-refractivity contribution in [3.63, 3.8) is 0 Å². The second kappa shape index (κ2) is 3.88. The Bertz CT molecular complexity index is 207. The van der Waals surface area contributed by atoms with Crippen molar-refractivity contribution in [2.24, 2.45) is 5.92 Å². The molecule has 0 aromatic rings. The molecule has 1 atom stereocenters. The molecule has 0 bridgehead atoms. The Morgan fingerprint density at radius 1 is 1.50 bits per heavy atom. The van der Waals surface area contributed by atoms with E-state index >= 15 is 0 Å². The summed E-state index contributed by atoms with van der Waals surface area (Å²) in [6.45, 7) is 6.15. The molecule has 0 radical (unpaired) electrons. The fourth-order valence-electron chi connectivity index (χ4n) is 1.56. The van der Waals surface area contributed by atoms with E-state index in [0.29, 0.717) is 12.2 Å². The largest absolute Gasteiger partial charge is 0.299 e. The van der Waals surface area contributed by atoms with Crippen LogP contribution < -0.4 is 0 Å². The highest BCUT2D eigenvalue weighted by molar-refractivity contribution is 5.80. The molecule has 0 N–H and O–H groups in total. The van der Waals surface area contributed by atoms with Gasteiger partial charge in [0.05, 0.1) is 0 Å². The Morgan fingerprint density at radius 3 is 2.50 bits per heavy atom. The van der Waals surface area contributed by atoms with E-state index in [2.05, 4.69) is 6.92 Å². The topological polar surface area (TPSA) is 17.1 Å². The first kappa shape index (κ1) is 9.50. The number of allylic oxidation sites excluding steroid dienone is 2. The number of carbonyl (C=O) groups is 1. The van der Waals surface area contributed by atoms with E-state index in [1.807, 2.05) is 13.8 Å². The van der Waals surface area contributed by atoms with Crippen molar-refractivity contribution in [3.05, 3.63) is 11.1 Å². The molecule has 1 saturated carbocycles. The van der Waals surface area contributed by atoms with Gasteiger partial charge in [-0.25, -0.2) is 0 Å². The van der Waals surface area contributed by atoms with Gasteiger partial charge in [-0.1, -0.05) is 25.0 Å². The molecule has 12 heavy (non-hydrogen) atoms. The zero-order chi connectivity index (χ0) is 9.14. The second-order valence-electron chi connectivity index (χ2n) is 3.81. The summed E-state index contributed by atoms with van der Waals surface area (Å²) < 4.78 is 0. The molecule has 0 spiro atoms. The van der Waals surface area contributed by atoms with E-state index in [4.69, 9.17) is 0 Å². The van der Waals surface area contributed by atoms with Crippen LogP contribution in [0.3, 0.4) is 0 Å². The number of rotatable bonds is 4. The standard InChI is InChI=1S/C11H18O/c1-4-11(12)9(3)7-8(2)10-5-6-10/h9H,4-7H2,1-3H3. The highest BCUT2D eigenvalue weighted by atomic mass is 16.1. The minimum atomic E-state index is 0.239. The number of Topliss-reactive ketones (excluding diaryl/α,β-unsaturated/α-hetero) is 1. The van der Waals surface area contributed by atoms with Crippen LogP contribution in [0.15, 0.2) is 11.1 Å². The molecule has 1 aliphatic carbocycles. The molecule has 1 nitrogen and oxygen atoms in total. The molecular weight excluding hydrogens is 148 g/mol. The van der Waals surface area contributed by atoms with Gasteiger partial charge in [0.15, 0.2) is 0 Å².